The molecule has 0 radical (unpaired) electrons. The number of nitrogens with one attached hydrogen (secondary N) is 4. The number of ether oxygens (including phenoxy) is 16. The Balaban J connectivity index is 0.906. The topological polar surface area (TPSA) is 729 Å². The van der Waals surface area contributed by atoms with E-state index in [1.54, 1.807) is 6.08 Å². The van der Waals surface area contributed by atoms with Crippen molar-refractivity contribution < 1.29 is 212 Å². The minimum absolute atomic E-state index is 0.153. The van der Waals surface area contributed by atoms with Crippen molar-refractivity contribution in [1.29, 1.82) is 0 Å². The van der Waals surface area contributed by atoms with E-state index in [1.165, 1.54) is 109 Å². The summed E-state index contributed by atoms with van der Waals surface area (Å²) >= 11 is 0. The highest BCUT2D eigenvalue weighted by molar-refractivity contribution is 5.76. The summed E-state index contributed by atoms with van der Waals surface area (Å²) in [6.07, 6.45) is -41.3. The lowest BCUT2D eigenvalue weighted by Gasteiger charge is -2.51. The predicted molar refractivity (Wildman–Crippen MR) is 471 cm³/mol. The highest BCUT2D eigenvalue weighted by Crippen LogP contribution is 2.40. The normalized spacial score (nSPS) is 39.3. The monoisotopic (exact) mass is 1990 g/mol. The summed E-state index contributed by atoms with van der Waals surface area (Å²) in [6.45, 7) is -1.59. The van der Waals surface area contributed by atoms with Gasteiger partial charge in [-0.15, -0.1) is 0 Å². The molecule has 47 heteroatoms. The third-order valence-corrected chi connectivity index (χ3v) is 26.4. The van der Waals surface area contributed by atoms with Crippen LogP contribution in [0.25, 0.3) is 0 Å². The van der Waals surface area contributed by atoms with E-state index in [-0.39, 0.29) is 12.3 Å². The molecule has 8 saturated heterocycles. The fraction of sp³-hybridized carbons (Fsp3) is 0.933. The van der Waals surface area contributed by atoms with E-state index in [2.05, 4.69) is 35.1 Å². The summed E-state index contributed by atoms with van der Waals surface area (Å²) in [5, 5.41) is 269. The Morgan fingerprint density at radius 3 is 0.847 bits per heavy atom. The second-order valence-corrected chi connectivity index (χ2v) is 37.0. The van der Waals surface area contributed by atoms with E-state index in [9.17, 15) is 137 Å². The quantitative estimate of drug-likeness (QED) is 0.0199. The Labute approximate surface area is 797 Å². The van der Waals surface area contributed by atoms with Crippen molar-refractivity contribution in [2.75, 3.05) is 59.5 Å². The van der Waals surface area contributed by atoms with E-state index in [0.717, 1.165) is 72.1 Å². The van der Waals surface area contributed by atoms with Crippen LogP contribution in [0.15, 0.2) is 12.2 Å². The zero-order chi connectivity index (χ0) is 100. The zero-order valence-electron chi connectivity index (χ0n) is 79.0. The molecule has 0 aromatic heterocycles. The average Bonchev–Trinajstić information content (AvgIpc) is 0.764. The molecule has 27 N–H and O–H groups in total. The van der Waals surface area contributed by atoms with Gasteiger partial charge >= 0.3 is 0 Å². The highest BCUT2D eigenvalue weighted by Gasteiger charge is 2.61. The summed E-state index contributed by atoms with van der Waals surface area (Å²) in [5.41, 5.74) is 0. The molecular formula is C90H160N4O43. The predicted octanol–water partition coefficient (Wildman–Crippen LogP) is -6.63. The minimum Gasteiger partial charge on any atom is -0.394 e. The van der Waals surface area contributed by atoms with Crippen molar-refractivity contribution in [3.63, 3.8) is 0 Å². The Hall–Kier alpha value is -3.94. The SMILES string of the molecule is CCCCCCCCCCCCC/C=C/[C@@H](O)[C@H](CO[C@@H]1OC(CO)[C@@H](O[C@@H]2OC(CO)[C@H](O)[C@H](O[C@@H]3OC(CO)[C@@H](O[C@@H]4OC(CO)[C@H](O)[C@H](O[C@@H]5OC(CO)[C@@H](O[C@@H]6OC(CO)[C@H](O)[C@H](O[C@@H]7OC(CO)[C@@H](O[C@@H]8OC(CO)[C@H](O)[C@H](O)C8O)[C@H](O)C7NC(C)=O)C6O)[C@H](O)C5NC(C)=O)C4O)[C@H](O)C3NC(C)=O)C2O)[C@H](O)C1O)NC(=O)CCCCCCCCCCCCCCCCC. The molecule has 8 aliphatic rings. The fourth-order valence-electron chi connectivity index (χ4n) is 18.5. The van der Waals surface area contributed by atoms with Crippen LogP contribution in [0.3, 0.4) is 0 Å². The lowest BCUT2D eigenvalue weighted by atomic mass is 9.93. The number of unbranched alkanes of at least 4 members (excludes halogenated alkanes) is 25. The highest BCUT2D eigenvalue weighted by atomic mass is 16.8. The van der Waals surface area contributed by atoms with Crippen molar-refractivity contribution in [1.82, 2.24) is 21.3 Å². The third kappa shape index (κ3) is 33.8. The molecule has 8 heterocycles. The maximum Gasteiger partial charge on any atom is 0.220 e. The van der Waals surface area contributed by atoms with Gasteiger partial charge in [-0.25, -0.2) is 0 Å². The van der Waals surface area contributed by atoms with Crippen LogP contribution < -0.4 is 21.3 Å². The molecule has 0 saturated carbocycles. The van der Waals surface area contributed by atoms with Crippen LogP contribution in [0.1, 0.15) is 214 Å². The average molecular weight is 1990 g/mol. The number of carbonyl (C=O) groups excluding carboxylic acids is 4. The summed E-state index contributed by atoms with van der Waals surface area (Å²) in [5.74, 6) is -3.08. The molecule has 0 bridgehead atoms. The van der Waals surface area contributed by atoms with Gasteiger partial charge in [-0.05, 0) is 19.3 Å². The van der Waals surface area contributed by atoms with Gasteiger partial charge in [0.25, 0.3) is 0 Å². The molecule has 16 unspecified atom stereocenters. The standard InChI is InChI=1S/C90H160N4O43/c1-6-8-10-12-14-16-18-20-21-23-25-27-29-31-33-35-58(107)94-48(49(106)34-32-30-28-26-24-22-19-17-15-13-11-9-7-2)44-122-86-72(118)70(116)79(57(43-102)130-86)134-90-75(121)82(65(111)53(39-98)126-90)137-85-61(93-47(5)105)68(114)78(56(42-101)129-85)133-89-74(120)81(64(110)52(38-97)125-89)136-84-60(92-46(4)104)67(113)77(55(41-100)128-84)132-88-73(119)80(63(109)51(37-96)124-88)135-83-59(91-45(3)103)66(112)76(54(40-99)127-83)131-87-71(117)69(115)62(108)50(36-95)123-87/h32,34,48-57,59-90,95-102,106,108-121H,6-31,33,35-44H2,1-5H3,(H,91,103)(H,92,104)(H,93,105)(H,94,107)/b34-32+/t48-,49+,50?,51?,52?,53?,54?,55?,56?,57?,59?,60?,61?,62-,63-,64-,65-,66+,67+,68+,69-,70+,71?,72?,73?,74?,75?,76+,77+,78+,79+,80-,81-,82-,83-,84-,85-,86+,87-,88-,89-,90-/m0/s1. The molecule has 0 spiro atoms. The first-order chi connectivity index (χ1) is 65.7. The number of hydrogen-bond donors (Lipinski definition) is 27. The lowest BCUT2D eigenvalue weighted by molar-refractivity contribution is -0.389. The number of amides is 4. The largest absolute Gasteiger partial charge is 0.394 e. The number of aliphatic hydroxyl groups excluding tert-OH is 23. The second-order valence-electron chi connectivity index (χ2n) is 37.0. The van der Waals surface area contributed by atoms with Crippen molar-refractivity contribution in [2.45, 2.75) is 472 Å². The summed E-state index contributed by atoms with van der Waals surface area (Å²) < 4.78 is 95.0. The zero-order valence-corrected chi connectivity index (χ0v) is 79.0. The summed E-state index contributed by atoms with van der Waals surface area (Å²) in [6, 6.07) is -6.74. The molecule has 0 aromatic carbocycles. The van der Waals surface area contributed by atoms with Crippen LogP contribution in [-0.4, -0.2) is 458 Å². The molecule has 137 heavy (non-hydrogen) atoms. The molecule has 8 rings (SSSR count). The maximum atomic E-state index is 13.6. The van der Waals surface area contributed by atoms with Gasteiger partial charge in [0.15, 0.2) is 50.3 Å². The van der Waals surface area contributed by atoms with E-state index >= 15 is 0 Å². The van der Waals surface area contributed by atoms with E-state index < -0.39 is 335 Å². The smallest absolute Gasteiger partial charge is 0.220 e. The third-order valence-electron chi connectivity index (χ3n) is 26.4. The van der Waals surface area contributed by atoms with Gasteiger partial charge in [0.1, 0.15) is 195 Å². The van der Waals surface area contributed by atoms with Gasteiger partial charge in [-0.3, -0.25) is 19.2 Å². The van der Waals surface area contributed by atoms with Gasteiger partial charge in [0, 0.05) is 27.2 Å². The molecule has 8 fully saturated rings. The van der Waals surface area contributed by atoms with Crippen LogP contribution in [-0.2, 0) is 95.0 Å². The van der Waals surface area contributed by atoms with Crippen LogP contribution in [0, 0.1) is 0 Å². The summed E-state index contributed by atoms with van der Waals surface area (Å²) in [4.78, 5) is 52.5. The van der Waals surface area contributed by atoms with E-state index in [4.69, 9.17) is 75.8 Å². The van der Waals surface area contributed by atoms with E-state index in [1.807, 2.05) is 6.08 Å². The molecule has 4 amide bonds. The Bertz CT molecular complexity index is 3400. The van der Waals surface area contributed by atoms with Crippen LogP contribution in [0.4, 0.5) is 0 Å². The second kappa shape index (κ2) is 60.9. The molecule has 0 aliphatic carbocycles. The van der Waals surface area contributed by atoms with Crippen LogP contribution in [0.2, 0.25) is 0 Å². The molecule has 42 atom stereocenters. The lowest BCUT2D eigenvalue weighted by Crippen LogP contribution is -2.71. The number of allylic oxidation sites excluding steroid dienone is 1. The van der Waals surface area contributed by atoms with Gasteiger partial charge in [0.2, 0.25) is 23.6 Å². The first kappa shape index (κ1) is 118. The van der Waals surface area contributed by atoms with Crippen molar-refractivity contribution >= 4 is 23.6 Å². The van der Waals surface area contributed by atoms with E-state index in [0.29, 0.717) is 12.8 Å². The van der Waals surface area contributed by atoms with Crippen LogP contribution >= 0.6 is 0 Å². The molecule has 8 aliphatic heterocycles. The number of hydrogen-bond acceptors (Lipinski definition) is 43. The van der Waals surface area contributed by atoms with Crippen LogP contribution in [0.5, 0.6) is 0 Å². The Morgan fingerprint density at radius 1 is 0.285 bits per heavy atom. The minimum atomic E-state index is -2.35. The Kier molecular flexibility index (Phi) is 52.5. The number of aliphatic hydroxyl groups is 23. The number of carbonyl (C=O) groups is 4. The molecule has 47 nitrogen and oxygen atoms in total. The first-order valence-corrected chi connectivity index (χ1v) is 49.0. The van der Waals surface area contributed by atoms with Crippen molar-refractivity contribution in [3.8, 4) is 0 Å². The van der Waals surface area contributed by atoms with Crippen molar-refractivity contribution in [3.05, 3.63) is 12.2 Å². The van der Waals surface area contributed by atoms with Gasteiger partial charge in [-0.2, -0.15) is 0 Å². The van der Waals surface area contributed by atoms with Gasteiger partial charge in [-0.1, -0.05) is 180 Å². The Morgan fingerprint density at radius 2 is 0.540 bits per heavy atom. The van der Waals surface area contributed by atoms with Gasteiger partial charge < -0.3 is 215 Å². The summed E-state index contributed by atoms with van der Waals surface area (Å²) in [7, 11) is 0. The molecular weight excluding hydrogens is 1820 g/mol. The fourth-order valence-corrected chi connectivity index (χ4v) is 18.5. The van der Waals surface area contributed by atoms with Gasteiger partial charge in [0.05, 0.1) is 71.6 Å². The first-order valence-electron chi connectivity index (χ1n) is 49.0. The molecule has 0 aromatic rings. The number of rotatable bonds is 59. The maximum absolute atomic E-state index is 13.6. The molecule has 798 valence electrons. The van der Waals surface area contributed by atoms with Crippen molar-refractivity contribution in [2.24, 2.45) is 0 Å².